The Morgan fingerprint density at radius 2 is 2.06 bits per heavy atom. The van der Waals surface area contributed by atoms with Crippen LogP contribution in [0.4, 0.5) is 0 Å². The lowest BCUT2D eigenvalue weighted by molar-refractivity contribution is 0.343. The van der Waals surface area contributed by atoms with Gasteiger partial charge in [0.05, 0.1) is 0 Å². The van der Waals surface area contributed by atoms with Crippen LogP contribution in [0.5, 0.6) is 5.75 Å². The first-order valence-corrected chi connectivity index (χ1v) is 7.85. The summed E-state index contributed by atoms with van der Waals surface area (Å²) in [6, 6.07) is 5.64. The molecular formula is C13H19O3S2-. The van der Waals surface area contributed by atoms with Gasteiger partial charge in [-0.2, -0.15) is 0 Å². The van der Waals surface area contributed by atoms with Crippen molar-refractivity contribution < 1.29 is 13.5 Å². The summed E-state index contributed by atoms with van der Waals surface area (Å²) in [6.45, 7) is 6.59. The van der Waals surface area contributed by atoms with Gasteiger partial charge in [0, 0.05) is 6.61 Å². The van der Waals surface area contributed by atoms with E-state index in [4.69, 9.17) is 4.18 Å². The standard InChI is InChI=1S/C13H19O3S2/c1-13(2,3)11-9-10(6-7-12(11)14)5-4-8-16-18(15)17/h6-7,9,14H,4-5,8H2,1-3H3/q-1. The van der Waals surface area contributed by atoms with Crippen molar-refractivity contribution in [2.75, 3.05) is 6.61 Å². The van der Waals surface area contributed by atoms with Gasteiger partial charge in [0.2, 0.25) is 0 Å². The molecule has 0 aliphatic rings. The average molecular weight is 287 g/mol. The molecule has 0 aromatic heterocycles. The lowest BCUT2D eigenvalue weighted by atomic mass is 9.85. The second kappa shape index (κ2) is 6.50. The molecular weight excluding hydrogens is 268 g/mol. The van der Waals surface area contributed by atoms with Crippen molar-refractivity contribution in [2.24, 2.45) is 0 Å². The van der Waals surface area contributed by atoms with Crippen LogP contribution in [-0.4, -0.2) is 11.7 Å². The topological polar surface area (TPSA) is 46.5 Å². The Bertz CT molecular complexity index is 466. The summed E-state index contributed by atoms with van der Waals surface area (Å²) >= 11 is 4.41. The van der Waals surface area contributed by atoms with Gasteiger partial charge in [-0.3, -0.25) is 0 Å². The molecule has 18 heavy (non-hydrogen) atoms. The first-order valence-electron chi connectivity index (χ1n) is 5.85. The minimum absolute atomic E-state index is 0.0846. The normalized spacial score (nSPS) is 12.0. The van der Waals surface area contributed by atoms with Gasteiger partial charge < -0.3 is 13.5 Å². The van der Waals surface area contributed by atoms with Gasteiger partial charge in [0.15, 0.2) is 0 Å². The molecule has 1 aromatic carbocycles. The molecule has 0 radical (unpaired) electrons. The molecule has 0 saturated carbocycles. The van der Waals surface area contributed by atoms with Crippen LogP contribution >= 0.6 is 0 Å². The largest absolute Gasteiger partial charge is 0.508 e. The van der Waals surface area contributed by atoms with E-state index in [2.05, 4.69) is 32.0 Å². The molecule has 0 aliphatic heterocycles. The van der Waals surface area contributed by atoms with Gasteiger partial charge >= 0.3 is 0 Å². The van der Waals surface area contributed by atoms with Crippen molar-refractivity contribution in [1.29, 1.82) is 0 Å². The van der Waals surface area contributed by atoms with E-state index >= 15 is 0 Å². The van der Waals surface area contributed by atoms with Crippen LogP contribution < -0.4 is 0 Å². The monoisotopic (exact) mass is 287 g/mol. The number of hydrogen-bond acceptors (Lipinski definition) is 5. The summed E-state index contributed by atoms with van der Waals surface area (Å²) in [5.74, 6) is 0.328. The maximum absolute atomic E-state index is 10.6. The van der Waals surface area contributed by atoms with Gasteiger partial charge in [0.25, 0.3) is 0 Å². The Hall–Kier alpha value is -0.650. The quantitative estimate of drug-likeness (QED) is 0.668. The lowest BCUT2D eigenvalue weighted by Crippen LogP contribution is -2.11. The number of phenolic OH excluding ortho intramolecular Hbond substituents is 1. The van der Waals surface area contributed by atoms with E-state index in [0.717, 1.165) is 24.0 Å². The number of aromatic hydroxyl groups is 1. The predicted octanol–water partition coefficient (Wildman–Crippen LogP) is 2.98. The zero-order chi connectivity index (χ0) is 13.8. The summed E-state index contributed by atoms with van der Waals surface area (Å²) in [7, 11) is -1.60. The zero-order valence-electron chi connectivity index (χ0n) is 10.9. The number of phenols is 1. The fraction of sp³-hybridized carbons (Fsp3) is 0.538. The number of rotatable bonds is 5. The number of aryl methyl sites for hydroxylation is 1. The lowest BCUT2D eigenvalue weighted by Gasteiger charge is -2.21. The maximum Gasteiger partial charge on any atom is 0.119 e. The van der Waals surface area contributed by atoms with Crippen LogP contribution in [0.2, 0.25) is 0 Å². The van der Waals surface area contributed by atoms with Crippen molar-refractivity contribution >= 4 is 20.8 Å². The second-order valence-electron chi connectivity index (χ2n) is 5.23. The summed E-state index contributed by atoms with van der Waals surface area (Å²) in [6.07, 6.45) is 1.58. The highest BCUT2D eigenvalue weighted by Crippen LogP contribution is 2.31. The van der Waals surface area contributed by atoms with E-state index in [1.807, 2.05) is 12.1 Å². The van der Waals surface area contributed by atoms with E-state index < -0.39 is 9.64 Å². The minimum atomic E-state index is -1.60. The van der Waals surface area contributed by atoms with E-state index in [1.54, 1.807) is 6.07 Å². The third-order valence-electron chi connectivity index (χ3n) is 2.66. The zero-order valence-corrected chi connectivity index (χ0v) is 12.6. The highest BCUT2D eigenvalue weighted by Gasteiger charge is 2.18. The fourth-order valence-electron chi connectivity index (χ4n) is 1.74. The molecule has 0 unspecified atom stereocenters. The van der Waals surface area contributed by atoms with Crippen molar-refractivity contribution in [3.63, 3.8) is 0 Å². The fourth-order valence-corrected chi connectivity index (χ4v) is 2.20. The Balaban J connectivity index is 2.68. The third kappa shape index (κ3) is 4.92. The SMILES string of the molecule is CC(C)(C)c1cc(CCCO[S-](=O)=S)ccc1O. The van der Waals surface area contributed by atoms with Crippen LogP contribution in [0.1, 0.15) is 38.3 Å². The smallest absolute Gasteiger partial charge is 0.119 e. The summed E-state index contributed by atoms with van der Waals surface area (Å²) in [4.78, 5) is 0. The minimum Gasteiger partial charge on any atom is -0.508 e. The molecule has 0 bridgehead atoms. The number of benzene rings is 1. The van der Waals surface area contributed by atoms with Crippen molar-refractivity contribution in [3.05, 3.63) is 29.3 Å². The molecule has 102 valence electrons. The van der Waals surface area contributed by atoms with Crippen molar-refractivity contribution in [1.82, 2.24) is 0 Å². The van der Waals surface area contributed by atoms with Gasteiger partial charge in [-0.1, -0.05) is 42.5 Å². The van der Waals surface area contributed by atoms with Gasteiger partial charge in [-0.15, -0.1) is 0 Å². The first kappa shape index (κ1) is 15.4. The molecule has 1 aromatic rings. The van der Waals surface area contributed by atoms with Crippen molar-refractivity contribution in [3.8, 4) is 5.75 Å². The van der Waals surface area contributed by atoms with Crippen LogP contribution in [0, 0.1) is 0 Å². The Morgan fingerprint density at radius 1 is 1.39 bits per heavy atom. The average Bonchev–Trinajstić information content (AvgIpc) is 2.24. The predicted molar refractivity (Wildman–Crippen MR) is 76.5 cm³/mol. The Labute approximate surface area is 115 Å². The molecule has 1 rings (SSSR count). The highest BCUT2D eigenvalue weighted by molar-refractivity contribution is 8.19. The second-order valence-corrected chi connectivity index (χ2v) is 6.69. The van der Waals surface area contributed by atoms with E-state index in [9.17, 15) is 9.32 Å². The summed E-state index contributed by atoms with van der Waals surface area (Å²) < 4.78 is 15.4. The molecule has 0 amide bonds. The van der Waals surface area contributed by atoms with Crippen LogP contribution in [0.25, 0.3) is 0 Å². The molecule has 0 heterocycles. The van der Waals surface area contributed by atoms with E-state index in [0.29, 0.717) is 12.4 Å². The highest BCUT2D eigenvalue weighted by atomic mass is 32.8. The Morgan fingerprint density at radius 3 is 2.61 bits per heavy atom. The maximum atomic E-state index is 10.6. The third-order valence-corrected chi connectivity index (χ3v) is 3.31. The molecule has 0 aliphatic carbocycles. The summed E-state index contributed by atoms with van der Waals surface area (Å²) in [5.41, 5.74) is 1.99. The van der Waals surface area contributed by atoms with Crippen molar-refractivity contribution in [2.45, 2.75) is 39.0 Å². The Kier molecular flexibility index (Phi) is 5.56. The van der Waals surface area contributed by atoms with Gasteiger partial charge in [0.1, 0.15) is 5.75 Å². The van der Waals surface area contributed by atoms with Gasteiger partial charge in [-0.25, -0.2) is 11.2 Å². The van der Waals surface area contributed by atoms with Crippen LogP contribution in [0.15, 0.2) is 18.2 Å². The molecule has 3 nitrogen and oxygen atoms in total. The molecule has 0 saturated heterocycles. The van der Waals surface area contributed by atoms with E-state index in [1.165, 1.54) is 0 Å². The molecule has 0 fully saturated rings. The van der Waals surface area contributed by atoms with E-state index in [-0.39, 0.29) is 5.41 Å². The molecule has 0 atom stereocenters. The molecule has 1 N–H and O–H groups in total. The molecule has 5 heteroatoms. The summed E-state index contributed by atoms with van der Waals surface area (Å²) in [5, 5.41) is 9.84. The van der Waals surface area contributed by atoms with Crippen LogP contribution in [0.3, 0.4) is 0 Å². The van der Waals surface area contributed by atoms with Gasteiger partial charge in [-0.05, 0) is 35.4 Å². The number of hydrogen-bond donors (Lipinski definition) is 1. The van der Waals surface area contributed by atoms with Crippen LogP contribution in [-0.2, 0) is 41.1 Å². The molecule has 0 spiro atoms. The first-order chi connectivity index (χ1) is 8.30.